The van der Waals surface area contributed by atoms with Crippen LogP contribution in [0.4, 0.5) is 4.39 Å². The van der Waals surface area contributed by atoms with Gasteiger partial charge in [0.05, 0.1) is 12.6 Å². The van der Waals surface area contributed by atoms with E-state index in [1.807, 2.05) is 13.0 Å². The number of hydrogen-bond acceptors (Lipinski definition) is 3. The first-order valence-electron chi connectivity index (χ1n) is 10.4. The summed E-state index contributed by atoms with van der Waals surface area (Å²) in [7, 11) is 0. The fourth-order valence-corrected chi connectivity index (χ4v) is 3.62. The lowest BCUT2D eigenvalue weighted by molar-refractivity contribution is 0.111. The molecule has 0 saturated heterocycles. The van der Waals surface area contributed by atoms with E-state index in [2.05, 4.69) is 44.8 Å². The van der Waals surface area contributed by atoms with Gasteiger partial charge in [0.15, 0.2) is 5.96 Å². The summed E-state index contributed by atoms with van der Waals surface area (Å²) in [5.41, 5.74) is 3.43. The molecule has 3 rings (SSSR count). The molecule has 1 aliphatic rings. The molecule has 2 aromatic carbocycles. The van der Waals surface area contributed by atoms with Crippen LogP contribution in [0.1, 0.15) is 23.6 Å². The normalized spacial score (nSPS) is 15.1. The Hall–Kier alpha value is -1.71. The third kappa shape index (κ3) is 7.52. The minimum absolute atomic E-state index is 0. The number of fused-ring (bicyclic) bond motifs is 1. The van der Waals surface area contributed by atoms with E-state index in [1.54, 1.807) is 12.1 Å². The Labute approximate surface area is 195 Å². The van der Waals surface area contributed by atoms with Crippen molar-refractivity contribution in [3.05, 3.63) is 71.0 Å². The number of rotatable bonds is 8. The molecule has 0 spiro atoms. The third-order valence-electron chi connectivity index (χ3n) is 5.13. The number of nitrogens with one attached hydrogen (secondary N) is 2. The molecule has 1 heterocycles. The summed E-state index contributed by atoms with van der Waals surface area (Å²) >= 11 is 0. The first-order chi connectivity index (χ1) is 14.2. The van der Waals surface area contributed by atoms with Gasteiger partial charge in [-0.05, 0) is 42.5 Å². The van der Waals surface area contributed by atoms with Crippen LogP contribution in [0, 0.1) is 5.82 Å². The highest BCUT2D eigenvalue weighted by molar-refractivity contribution is 14.0. The second-order valence-electron chi connectivity index (χ2n) is 7.40. The van der Waals surface area contributed by atoms with Crippen LogP contribution < -0.4 is 10.6 Å². The second kappa shape index (κ2) is 12.9. The van der Waals surface area contributed by atoms with Gasteiger partial charge in [-0.15, -0.1) is 24.0 Å². The lowest BCUT2D eigenvalue weighted by atomic mass is 10.00. The molecule has 0 aliphatic carbocycles. The van der Waals surface area contributed by atoms with Crippen LogP contribution in [0.3, 0.4) is 0 Å². The maximum Gasteiger partial charge on any atom is 0.191 e. The van der Waals surface area contributed by atoms with E-state index in [1.165, 1.54) is 17.2 Å². The number of halogens is 2. The Morgan fingerprint density at radius 2 is 1.87 bits per heavy atom. The van der Waals surface area contributed by atoms with E-state index in [0.717, 1.165) is 26.1 Å². The van der Waals surface area contributed by atoms with E-state index in [9.17, 15) is 9.50 Å². The lowest BCUT2D eigenvalue weighted by Crippen LogP contribution is -2.40. The zero-order valence-corrected chi connectivity index (χ0v) is 19.8. The van der Waals surface area contributed by atoms with Crippen molar-refractivity contribution < 1.29 is 9.50 Å². The number of benzene rings is 2. The lowest BCUT2D eigenvalue weighted by Gasteiger charge is -2.30. The fourth-order valence-electron chi connectivity index (χ4n) is 3.62. The molecule has 1 atom stereocenters. The monoisotopic (exact) mass is 526 g/mol. The van der Waals surface area contributed by atoms with Crippen LogP contribution in [-0.2, 0) is 19.4 Å². The Morgan fingerprint density at radius 1 is 1.13 bits per heavy atom. The largest absolute Gasteiger partial charge is 0.390 e. The number of nitrogens with zero attached hydrogens (tertiary/aromatic N) is 2. The van der Waals surface area contributed by atoms with Crippen molar-refractivity contribution in [1.29, 1.82) is 0 Å². The first-order valence-corrected chi connectivity index (χ1v) is 10.4. The van der Waals surface area contributed by atoms with Crippen LogP contribution in [0.2, 0.25) is 0 Å². The van der Waals surface area contributed by atoms with Crippen molar-refractivity contribution in [3.8, 4) is 0 Å². The van der Waals surface area contributed by atoms with Crippen LogP contribution in [0.5, 0.6) is 0 Å². The molecule has 164 valence electrons. The SMILES string of the molecule is CCNC(=NCC(O)CN1CCc2ccccc2C1)NCCc1ccccc1F.I. The van der Waals surface area contributed by atoms with Crippen molar-refractivity contribution in [1.82, 2.24) is 15.5 Å². The van der Waals surface area contributed by atoms with Gasteiger partial charge in [-0.25, -0.2) is 4.39 Å². The summed E-state index contributed by atoms with van der Waals surface area (Å²) in [5, 5.41) is 16.8. The van der Waals surface area contributed by atoms with Crippen molar-refractivity contribution in [2.45, 2.75) is 32.4 Å². The fraction of sp³-hybridized carbons (Fsp3) is 0.435. The second-order valence-corrected chi connectivity index (χ2v) is 7.40. The standard InChI is InChI=1S/C23H31FN4O.HI/c1-2-25-23(26-13-11-19-8-5-6-10-22(19)24)27-15-21(29)17-28-14-12-18-7-3-4-9-20(18)16-28;/h3-10,21,29H,2,11-17H2,1H3,(H2,25,26,27);1H. The Kier molecular flexibility index (Phi) is 10.5. The van der Waals surface area contributed by atoms with Crippen LogP contribution >= 0.6 is 24.0 Å². The van der Waals surface area contributed by atoms with E-state index in [-0.39, 0.29) is 29.8 Å². The predicted molar refractivity (Wildman–Crippen MR) is 131 cm³/mol. The van der Waals surface area contributed by atoms with Gasteiger partial charge in [0, 0.05) is 32.7 Å². The molecule has 1 unspecified atom stereocenters. The van der Waals surface area contributed by atoms with Crippen LogP contribution in [0.15, 0.2) is 53.5 Å². The molecule has 3 N–H and O–H groups in total. The van der Waals surface area contributed by atoms with Crippen molar-refractivity contribution >= 4 is 29.9 Å². The number of aliphatic hydroxyl groups is 1. The first kappa shape index (κ1) is 24.6. The van der Waals surface area contributed by atoms with E-state index in [0.29, 0.717) is 37.6 Å². The maximum absolute atomic E-state index is 13.7. The van der Waals surface area contributed by atoms with Gasteiger partial charge in [-0.1, -0.05) is 42.5 Å². The Balaban J connectivity index is 0.00000320. The summed E-state index contributed by atoms with van der Waals surface area (Å²) in [6, 6.07) is 15.3. The number of aliphatic hydroxyl groups excluding tert-OH is 1. The zero-order chi connectivity index (χ0) is 20.5. The van der Waals surface area contributed by atoms with Gasteiger partial charge >= 0.3 is 0 Å². The van der Waals surface area contributed by atoms with Crippen molar-refractivity contribution in [3.63, 3.8) is 0 Å². The highest BCUT2D eigenvalue weighted by Gasteiger charge is 2.18. The number of guanidine groups is 1. The number of hydrogen-bond donors (Lipinski definition) is 3. The quantitative estimate of drug-likeness (QED) is 0.281. The third-order valence-corrected chi connectivity index (χ3v) is 5.13. The van der Waals surface area contributed by atoms with Gasteiger partial charge in [0.25, 0.3) is 0 Å². The summed E-state index contributed by atoms with van der Waals surface area (Å²) in [6.45, 7) is 6.06. The summed E-state index contributed by atoms with van der Waals surface area (Å²) in [4.78, 5) is 6.78. The molecule has 30 heavy (non-hydrogen) atoms. The van der Waals surface area contributed by atoms with Crippen molar-refractivity contribution in [2.75, 3.05) is 32.7 Å². The summed E-state index contributed by atoms with van der Waals surface area (Å²) in [5.74, 6) is 0.460. The zero-order valence-electron chi connectivity index (χ0n) is 17.5. The smallest absolute Gasteiger partial charge is 0.191 e. The van der Waals surface area contributed by atoms with E-state index >= 15 is 0 Å². The molecule has 5 nitrogen and oxygen atoms in total. The molecule has 0 amide bonds. The molecule has 1 aliphatic heterocycles. The van der Waals surface area contributed by atoms with Gasteiger partial charge < -0.3 is 15.7 Å². The molecular weight excluding hydrogens is 494 g/mol. The Morgan fingerprint density at radius 3 is 2.63 bits per heavy atom. The molecule has 0 aromatic heterocycles. The molecule has 7 heteroatoms. The molecule has 2 aromatic rings. The number of β-amino-alcohol motifs (C(OH)–C–C–N with tert-alkyl or cyclic N) is 1. The number of aliphatic imine (C=N–C) groups is 1. The van der Waals surface area contributed by atoms with Crippen LogP contribution in [-0.4, -0.2) is 54.8 Å². The topological polar surface area (TPSA) is 59.9 Å². The van der Waals surface area contributed by atoms with Gasteiger partial charge in [0.2, 0.25) is 0 Å². The van der Waals surface area contributed by atoms with Gasteiger partial charge in [-0.3, -0.25) is 9.89 Å². The van der Waals surface area contributed by atoms with Gasteiger partial charge in [-0.2, -0.15) is 0 Å². The maximum atomic E-state index is 13.7. The van der Waals surface area contributed by atoms with Gasteiger partial charge in [0.1, 0.15) is 5.82 Å². The van der Waals surface area contributed by atoms with E-state index in [4.69, 9.17) is 0 Å². The van der Waals surface area contributed by atoms with Crippen molar-refractivity contribution in [2.24, 2.45) is 4.99 Å². The molecular formula is C23H32FIN4O. The summed E-state index contributed by atoms with van der Waals surface area (Å²) < 4.78 is 13.7. The predicted octanol–water partition coefficient (Wildman–Crippen LogP) is 2.96. The molecule has 0 bridgehead atoms. The molecule has 0 saturated carbocycles. The average Bonchev–Trinajstić information content (AvgIpc) is 2.73. The summed E-state index contributed by atoms with van der Waals surface area (Å²) in [6.07, 6.45) is 1.07. The minimum atomic E-state index is -0.526. The van der Waals surface area contributed by atoms with E-state index < -0.39 is 6.10 Å². The van der Waals surface area contributed by atoms with Crippen LogP contribution in [0.25, 0.3) is 0 Å². The molecule has 0 fully saturated rings. The highest BCUT2D eigenvalue weighted by Crippen LogP contribution is 2.18. The molecule has 0 radical (unpaired) electrons. The highest BCUT2D eigenvalue weighted by atomic mass is 127. The average molecular weight is 526 g/mol. The Bertz CT molecular complexity index is 817. The minimum Gasteiger partial charge on any atom is -0.390 e.